The van der Waals surface area contributed by atoms with Crippen molar-refractivity contribution in [2.75, 3.05) is 27.0 Å². The number of amides is 1. The summed E-state index contributed by atoms with van der Waals surface area (Å²) in [4.78, 5) is 13.5. The van der Waals surface area contributed by atoms with Crippen LogP contribution in [0.3, 0.4) is 0 Å². The first-order valence-electron chi connectivity index (χ1n) is 4.97. The van der Waals surface area contributed by atoms with Gasteiger partial charge in [-0.05, 0) is 12.8 Å². The van der Waals surface area contributed by atoms with E-state index in [1.807, 2.05) is 4.90 Å². The fourth-order valence-electron chi connectivity index (χ4n) is 2.26. The van der Waals surface area contributed by atoms with Crippen molar-refractivity contribution in [3.05, 3.63) is 0 Å². The minimum absolute atomic E-state index is 0.0439. The van der Waals surface area contributed by atoms with E-state index in [-0.39, 0.29) is 12.9 Å². The normalized spacial score (nSPS) is 30.5. The molecule has 2 fully saturated rings. The van der Waals surface area contributed by atoms with Crippen LogP contribution in [-0.2, 0) is 9.47 Å². The van der Waals surface area contributed by atoms with Crippen LogP contribution in [-0.4, -0.2) is 50.1 Å². The highest BCUT2D eigenvalue weighted by atomic mass is 16.7. The average molecular weight is 200 g/mol. The van der Waals surface area contributed by atoms with E-state index >= 15 is 0 Å². The van der Waals surface area contributed by atoms with Crippen LogP contribution in [0.4, 0.5) is 4.79 Å². The van der Waals surface area contributed by atoms with Gasteiger partial charge in [0.1, 0.15) is 0 Å². The predicted molar refractivity (Wildman–Crippen MR) is 49.9 cm³/mol. The molecule has 2 unspecified atom stereocenters. The average Bonchev–Trinajstić information content (AvgIpc) is 2.45. The number of carbonyl (C=O) groups excluding carboxylic acids is 1. The van der Waals surface area contributed by atoms with Gasteiger partial charge in [-0.15, -0.1) is 0 Å². The lowest BCUT2D eigenvalue weighted by atomic mass is 10.2. The molecule has 0 aliphatic carbocycles. The van der Waals surface area contributed by atoms with E-state index in [0.29, 0.717) is 12.1 Å². The molecule has 2 saturated heterocycles. The molecule has 2 heterocycles. The first-order valence-corrected chi connectivity index (χ1v) is 4.97. The molecule has 2 atom stereocenters. The van der Waals surface area contributed by atoms with Crippen molar-refractivity contribution in [2.24, 2.45) is 0 Å². The number of nitrogens with zero attached hydrogens (tertiary/aromatic N) is 1. The summed E-state index contributed by atoms with van der Waals surface area (Å²) in [6.45, 7) is 1.82. The Hall–Kier alpha value is -0.810. The zero-order chi connectivity index (χ0) is 9.97. The Morgan fingerprint density at radius 3 is 2.64 bits per heavy atom. The second-order valence-electron chi connectivity index (χ2n) is 3.77. The number of methoxy groups -OCH3 is 1. The van der Waals surface area contributed by atoms with Crippen molar-refractivity contribution in [3.8, 4) is 0 Å². The molecule has 0 radical (unpaired) electrons. The van der Waals surface area contributed by atoms with Crippen molar-refractivity contribution in [1.29, 1.82) is 0 Å². The van der Waals surface area contributed by atoms with Gasteiger partial charge in [-0.1, -0.05) is 0 Å². The summed E-state index contributed by atoms with van der Waals surface area (Å²) in [6, 6.07) is 0.635. The summed E-state index contributed by atoms with van der Waals surface area (Å²) < 4.78 is 9.66. The van der Waals surface area contributed by atoms with Crippen molar-refractivity contribution in [1.82, 2.24) is 10.2 Å². The molecule has 5 heteroatoms. The second-order valence-corrected chi connectivity index (χ2v) is 3.77. The maximum absolute atomic E-state index is 11.6. The Labute approximate surface area is 83.3 Å². The van der Waals surface area contributed by atoms with Gasteiger partial charge in [0.15, 0.2) is 6.79 Å². The monoisotopic (exact) mass is 200 g/mol. The summed E-state index contributed by atoms with van der Waals surface area (Å²) in [5, 5.41) is 3.31. The molecule has 1 amide bonds. The summed E-state index contributed by atoms with van der Waals surface area (Å²) in [6.07, 6.45) is 1.93. The number of ether oxygens (including phenoxy) is 2. The fraction of sp³-hybridized carbons (Fsp3) is 0.889. The Bertz CT molecular complexity index is 206. The maximum Gasteiger partial charge on any atom is 0.412 e. The van der Waals surface area contributed by atoms with E-state index in [2.05, 4.69) is 5.32 Å². The molecule has 5 nitrogen and oxygen atoms in total. The van der Waals surface area contributed by atoms with Crippen LogP contribution >= 0.6 is 0 Å². The summed E-state index contributed by atoms with van der Waals surface area (Å²) in [5.74, 6) is 0. The van der Waals surface area contributed by atoms with Crippen LogP contribution in [0, 0.1) is 0 Å². The maximum atomic E-state index is 11.6. The van der Waals surface area contributed by atoms with Gasteiger partial charge in [-0.3, -0.25) is 4.90 Å². The van der Waals surface area contributed by atoms with Crippen LogP contribution in [0.25, 0.3) is 0 Å². The largest absolute Gasteiger partial charge is 0.422 e. The summed E-state index contributed by atoms with van der Waals surface area (Å²) in [5.41, 5.74) is 0. The number of carbonyl (C=O) groups is 1. The molecule has 0 saturated carbocycles. The van der Waals surface area contributed by atoms with E-state index in [4.69, 9.17) is 9.47 Å². The van der Waals surface area contributed by atoms with Gasteiger partial charge in [-0.2, -0.15) is 0 Å². The number of hydrogen-bond acceptors (Lipinski definition) is 4. The quantitative estimate of drug-likeness (QED) is 0.645. The van der Waals surface area contributed by atoms with Gasteiger partial charge in [0, 0.05) is 32.3 Å². The highest BCUT2D eigenvalue weighted by Gasteiger charge is 2.40. The van der Waals surface area contributed by atoms with Crippen LogP contribution in [0.5, 0.6) is 0 Å². The van der Waals surface area contributed by atoms with Gasteiger partial charge in [0.25, 0.3) is 0 Å². The lowest BCUT2D eigenvalue weighted by Crippen LogP contribution is -2.54. The molecule has 2 aliphatic rings. The van der Waals surface area contributed by atoms with Crippen LogP contribution < -0.4 is 5.32 Å². The molecule has 2 rings (SSSR count). The molecule has 0 aromatic carbocycles. The van der Waals surface area contributed by atoms with Crippen molar-refractivity contribution in [2.45, 2.75) is 24.9 Å². The molecule has 2 bridgehead atoms. The minimum atomic E-state index is -0.235. The Kier molecular flexibility index (Phi) is 2.88. The Morgan fingerprint density at radius 1 is 1.43 bits per heavy atom. The third-order valence-electron chi connectivity index (χ3n) is 2.89. The summed E-state index contributed by atoms with van der Waals surface area (Å²) in [7, 11) is 1.51. The standard InChI is InChI=1S/C9H16N2O3/c1-13-6-14-9(12)11-7-2-3-8(11)5-10-4-7/h7-8,10H,2-6H2,1H3. The SMILES string of the molecule is COCOC(=O)N1C2CCC1CNC2. The van der Waals surface area contributed by atoms with E-state index in [0.717, 1.165) is 25.9 Å². The number of fused-ring (bicyclic) bond motifs is 2. The molecule has 0 spiro atoms. The fourth-order valence-corrected chi connectivity index (χ4v) is 2.26. The number of rotatable bonds is 2. The number of piperazine rings is 1. The minimum Gasteiger partial charge on any atom is -0.422 e. The molecular formula is C9H16N2O3. The molecule has 2 aliphatic heterocycles. The van der Waals surface area contributed by atoms with E-state index < -0.39 is 0 Å². The highest BCUT2D eigenvalue weighted by Crippen LogP contribution is 2.26. The zero-order valence-corrected chi connectivity index (χ0v) is 8.36. The van der Waals surface area contributed by atoms with Gasteiger partial charge >= 0.3 is 6.09 Å². The number of nitrogens with one attached hydrogen (secondary N) is 1. The predicted octanol–water partition coefficient (Wildman–Crippen LogP) is 0.163. The van der Waals surface area contributed by atoms with Crippen LogP contribution in [0.2, 0.25) is 0 Å². The van der Waals surface area contributed by atoms with Crippen LogP contribution in [0.1, 0.15) is 12.8 Å². The van der Waals surface area contributed by atoms with Crippen LogP contribution in [0.15, 0.2) is 0 Å². The molecule has 80 valence electrons. The van der Waals surface area contributed by atoms with E-state index in [9.17, 15) is 4.79 Å². The van der Waals surface area contributed by atoms with Crippen molar-refractivity contribution >= 4 is 6.09 Å². The van der Waals surface area contributed by atoms with Gasteiger partial charge < -0.3 is 14.8 Å². The third kappa shape index (κ3) is 1.69. The molecule has 0 aromatic rings. The first kappa shape index (κ1) is 9.73. The smallest absolute Gasteiger partial charge is 0.412 e. The first-order chi connectivity index (χ1) is 6.83. The van der Waals surface area contributed by atoms with Gasteiger partial charge in [0.2, 0.25) is 0 Å². The number of hydrogen-bond donors (Lipinski definition) is 1. The van der Waals surface area contributed by atoms with E-state index in [1.54, 1.807) is 0 Å². The molecule has 1 N–H and O–H groups in total. The highest BCUT2D eigenvalue weighted by molar-refractivity contribution is 5.69. The zero-order valence-electron chi connectivity index (χ0n) is 8.36. The van der Waals surface area contributed by atoms with Crippen molar-refractivity contribution in [3.63, 3.8) is 0 Å². The topological polar surface area (TPSA) is 50.8 Å². The van der Waals surface area contributed by atoms with Gasteiger partial charge in [0.05, 0.1) is 0 Å². The van der Waals surface area contributed by atoms with Crippen molar-refractivity contribution < 1.29 is 14.3 Å². The molecule has 0 aromatic heterocycles. The Morgan fingerprint density at radius 2 is 2.07 bits per heavy atom. The molecular weight excluding hydrogens is 184 g/mol. The second kappa shape index (κ2) is 4.14. The lowest BCUT2D eigenvalue weighted by molar-refractivity contribution is -0.0133. The van der Waals surface area contributed by atoms with Gasteiger partial charge in [-0.25, -0.2) is 4.79 Å². The molecule has 14 heavy (non-hydrogen) atoms. The van der Waals surface area contributed by atoms with E-state index in [1.165, 1.54) is 7.11 Å². The Balaban J connectivity index is 1.93. The lowest BCUT2D eigenvalue weighted by Gasteiger charge is -2.34. The summed E-state index contributed by atoms with van der Waals surface area (Å²) >= 11 is 0. The third-order valence-corrected chi connectivity index (χ3v) is 2.89.